The summed E-state index contributed by atoms with van der Waals surface area (Å²) in [6.45, 7) is 2.03. The lowest BCUT2D eigenvalue weighted by Gasteiger charge is -1.96. The molecule has 56 valence electrons. The van der Waals surface area contributed by atoms with Gasteiger partial charge in [0, 0.05) is 6.20 Å². The van der Waals surface area contributed by atoms with Gasteiger partial charge in [0.15, 0.2) is 5.65 Å². The van der Waals surface area contributed by atoms with E-state index in [1.165, 1.54) is 5.56 Å². The van der Waals surface area contributed by atoms with Crippen LogP contribution in [0.2, 0.25) is 0 Å². The summed E-state index contributed by atoms with van der Waals surface area (Å²) >= 11 is 3.40. The molecule has 0 aromatic carbocycles. The van der Waals surface area contributed by atoms with E-state index in [9.17, 15) is 0 Å². The molecule has 0 aliphatic carbocycles. The Morgan fingerprint density at radius 3 is 3.18 bits per heavy atom. The molecule has 0 bridgehead atoms. The Morgan fingerprint density at radius 2 is 2.36 bits per heavy atom. The molecule has 0 atom stereocenters. The van der Waals surface area contributed by atoms with Crippen LogP contribution in [0.15, 0.2) is 23.1 Å². The lowest BCUT2D eigenvalue weighted by Crippen LogP contribution is -1.85. The molecule has 3 nitrogen and oxygen atoms in total. The Labute approximate surface area is 72.2 Å². The van der Waals surface area contributed by atoms with Crippen LogP contribution in [0.3, 0.4) is 0 Å². The van der Waals surface area contributed by atoms with Gasteiger partial charge in [-0.05, 0) is 34.5 Å². The maximum Gasteiger partial charge on any atom is 0.174 e. The molecular weight excluding hydrogens is 206 g/mol. The second kappa shape index (κ2) is 2.30. The third-order valence-corrected chi connectivity index (χ3v) is 2.07. The molecule has 0 radical (unpaired) electrons. The summed E-state index contributed by atoms with van der Waals surface area (Å²) in [5, 5.41) is 7.71. The minimum Gasteiger partial charge on any atom is -0.288 e. The van der Waals surface area contributed by atoms with Gasteiger partial charge in [0.2, 0.25) is 0 Å². The van der Waals surface area contributed by atoms with Crippen molar-refractivity contribution in [3.05, 3.63) is 28.6 Å². The predicted molar refractivity (Wildman–Crippen MR) is 45.4 cm³/mol. The van der Waals surface area contributed by atoms with Gasteiger partial charge in [-0.2, -0.15) is 0 Å². The maximum absolute atomic E-state index is 3.93. The molecule has 4 heteroatoms. The van der Waals surface area contributed by atoms with Crippen molar-refractivity contribution >= 4 is 21.6 Å². The minimum atomic E-state index is 0.857. The fourth-order valence-electron chi connectivity index (χ4n) is 1.03. The number of aromatic nitrogens is 3. The Hall–Kier alpha value is -0.900. The van der Waals surface area contributed by atoms with Crippen molar-refractivity contribution in [2.24, 2.45) is 0 Å². The zero-order valence-corrected chi connectivity index (χ0v) is 7.54. The summed E-state index contributed by atoms with van der Waals surface area (Å²) in [6.07, 6.45) is 3.67. The fourth-order valence-corrected chi connectivity index (χ4v) is 1.67. The number of pyridine rings is 1. The molecule has 0 fully saturated rings. The summed E-state index contributed by atoms with van der Waals surface area (Å²) in [6, 6.07) is 2.02. The van der Waals surface area contributed by atoms with Gasteiger partial charge in [-0.15, -0.1) is 10.2 Å². The quantitative estimate of drug-likeness (QED) is 0.666. The Kier molecular flexibility index (Phi) is 1.42. The second-order valence-electron chi connectivity index (χ2n) is 2.43. The minimum absolute atomic E-state index is 0.857. The highest BCUT2D eigenvalue weighted by Crippen LogP contribution is 2.16. The molecule has 2 heterocycles. The normalized spacial score (nSPS) is 10.7. The Bertz CT molecular complexity index is 393. The van der Waals surface area contributed by atoms with Crippen LogP contribution in [0.4, 0.5) is 0 Å². The molecule has 0 amide bonds. The van der Waals surface area contributed by atoms with Gasteiger partial charge in [-0.3, -0.25) is 4.40 Å². The first-order valence-electron chi connectivity index (χ1n) is 3.23. The van der Waals surface area contributed by atoms with E-state index >= 15 is 0 Å². The van der Waals surface area contributed by atoms with Crippen molar-refractivity contribution in [2.75, 3.05) is 0 Å². The first-order chi connectivity index (χ1) is 5.27. The standard InChI is InChI=1S/C7H6BrN3/c1-5-2-6(8)7-10-9-4-11(7)3-5/h2-4H,1H3. The molecule has 0 saturated carbocycles. The van der Waals surface area contributed by atoms with Gasteiger partial charge in [-0.25, -0.2) is 0 Å². The molecule has 2 rings (SSSR count). The predicted octanol–water partition coefficient (Wildman–Crippen LogP) is 1.80. The van der Waals surface area contributed by atoms with Crippen LogP contribution in [0.25, 0.3) is 5.65 Å². The van der Waals surface area contributed by atoms with Gasteiger partial charge >= 0.3 is 0 Å². The lowest BCUT2D eigenvalue weighted by atomic mass is 10.3. The summed E-state index contributed by atoms with van der Waals surface area (Å²) < 4.78 is 2.87. The monoisotopic (exact) mass is 211 g/mol. The zero-order valence-electron chi connectivity index (χ0n) is 5.95. The lowest BCUT2D eigenvalue weighted by molar-refractivity contribution is 1.10. The number of rotatable bonds is 0. The second-order valence-corrected chi connectivity index (χ2v) is 3.28. The van der Waals surface area contributed by atoms with Crippen molar-refractivity contribution in [3.8, 4) is 0 Å². The molecule has 0 aliphatic heterocycles. The van der Waals surface area contributed by atoms with Crippen LogP contribution < -0.4 is 0 Å². The number of aryl methyl sites for hydroxylation is 1. The van der Waals surface area contributed by atoms with Gasteiger partial charge < -0.3 is 0 Å². The maximum atomic E-state index is 3.93. The number of halogens is 1. The average Bonchev–Trinajstić information content (AvgIpc) is 2.34. The highest BCUT2D eigenvalue weighted by atomic mass is 79.9. The number of nitrogens with zero attached hydrogens (tertiary/aromatic N) is 3. The van der Waals surface area contributed by atoms with Crippen molar-refractivity contribution in [1.29, 1.82) is 0 Å². The molecule has 0 aliphatic rings. The molecular formula is C7H6BrN3. The highest BCUT2D eigenvalue weighted by molar-refractivity contribution is 9.10. The van der Waals surface area contributed by atoms with Crippen LogP contribution in [0.1, 0.15) is 5.56 Å². The van der Waals surface area contributed by atoms with E-state index in [4.69, 9.17) is 0 Å². The van der Waals surface area contributed by atoms with Crippen molar-refractivity contribution in [1.82, 2.24) is 14.6 Å². The third-order valence-electron chi connectivity index (χ3n) is 1.48. The molecule has 0 spiro atoms. The van der Waals surface area contributed by atoms with Crippen LogP contribution in [0.5, 0.6) is 0 Å². The van der Waals surface area contributed by atoms with Crippen LogP contribution >= 0.6 is 15.9 Å². The van der Waals surface area contributed by atoms with E-state index in [1.807, 2.05) is 23.6 Å². The summed E-state index contributed by atoms with van der Waals surface area (Å²) in [5.41, 5.74) is 2.04. The number of fused-ring (bicyclic) bond motifs is 1. The van der Waals surface area contributed by atoms with Crippen molar-refractivity contribution < 1.29 is 0 Å². The SMILES string of the molecule is Cc1cc(Br)c2nncn2c1. The molecule has 2 aromatic rings. The Balaban J connectivity index is 2.91. The molecule has 0 N–H and O–H groups in total. The number of hydrogen-bond acceptors (Lipinski definition) is 2. The van der Waals surface area contributed by atoms with Crippen molar-refractivity contribution in [2.45, 2.75) is 6.92 Å². The van der Waals surface area contributed by atoms with Gasteiger partial charge in [0.05, 0.1) is 4.47 Å². The van der Waals surface area contributed by atoms with Crippen LogP contribution in [-0.4, -0.2) is 14.6 Å². The molecule has 11 heavy (non-hydrogen) atoms. The first kappa shape index (κ1) is 6.79. The van der Waals surface area contributed by atoms with Gasteiger partial charge in [0.1, 0.15) is 6.33 Å². The van der Waals surface area contributed by atoms with Gasteiger partial charge in [-0.1, -0.05) is 0 Å². The number of hydrogen-bond donors (Lipinski definition) is 0. The van der Waals surface area contributed by atoms with E-state index in [0.29, 0.717) is 0 Å². The van der Waals surface area contributed by atoms with Gasteiger partial charge in [0.25, 0.3) is 0 Å². The van der Waals surface area contributed by atoms with Crippen molar-refractivity contribution in [3.63, 3.8) is 0 Å². The summed E-state index contributed by atoms with van der Waals surface area (Å²) in [4.78, 5) is 0. The Morgan fingerprint density at radius 1 is 1.55 bits per heavy atom. The highest BCUT2D eigenvalue weighted by Gasteiger charge is 1.99. The van der Waals surface area contributed by atoms with E-state index in [2.05, 4.69) is 26.1 Å². The van der Waals surface area contributed by atoms with E-state index < -0.39 is 0 Å². The average molecular weight is 212 g/mol. The van der Waals surface area contributed by atoms with E-state index in [0.717, 1.165) is 10.1 Å². The molecule has 0 unspecified atom stereocenters. The molecule has 2 aromatic heterocycles. The molecule has 0 saturated heterocycles. The topological polar surface area (TPSA) is 30.2 Å². The third kappa shape index (κ3) is 1.03. The summed E-state index contributed by atoms with van der Waals surface area (Å²) in [7, 11) is 0. The van der Waals surface area contributed by atoms with Crippen LogP contribution in [0, 0.1) is 6.92 Å². The smallest absolute Gasteiger partial charge is 0.174 e. The van der Waals surface area contributed by atoms with E-state index in [-0.39, 0.29) is 0 Å². The first-order valence-corrected chi connectivity index (χ1v) is 4.02. The van der Waals surface area contributed by atoms with E-state index in [1.54, 1.807) is 6.33 Å². The zero-order chi connectivity index (χ0) is 7.84. The van der Waals surface area contributed by atoms with Crippen LogP contribution in [-0.2, 0) is 0 Å². The fraction of sp³-hybridized carbons (Fsp3) is 0.143. The largest absolute Gasteiger partial charge is 0.288 e. The summed E-state index contributed by atoms with van der Waals surface area (Å²) in [5.74, 6) is 0.